The lowest BCUT2D eigenvalue weighted by atomic mass is 10.1. The van der Waals surface area contributed by atoms with E-state index in [1.807, 2.05) is 11.6 Å². The van der Waals surface area contributed by atoms with Crippen LogP contribution in [0.3, 0.4) is 0 Å². The van der Waals surface area contributed by atoms with E-state index in [4.69, 9.17) is 4.74 Å². The summed E-state index contributed by atoms with van der Waals surface area (Å²) in [5.74, 6) is -0.183. The minimum atomic E-state index is -4.84. The van der Waals surface area contributed by atoms with Crippen LogP contribution in [0.2, 0.25) is 0 Å². The number of hydrogen-bond donors (Lipinski definition) is 1. The summed E-state index contributed by atoms with van der Waals surface area (Å²) in [6.45, 7) is 5.44. The Hall–Kier alpha value is -4.18. The lowest BCUT2D eigenvalue weighted by Crippen LogP contribution is -2.30. The van der Waals surface area contributed by atoms with Crippen LogP contribution in [0.25, 0.3) is 16.9 Å². The number of nitrogens with zero attached hydrogens (tertiary/aromatic N) is 7. The van der Waals surface area contributed by atoms with Crippen molar-refractivity contribution in [2.75, 3.05) is 13.1 Å². The lowest BCUT2D eigenvalue weighted by Gasteiger charge is -2.23. The van der Waals surface area contributed by atoms with Gasteiger partial charge < -0.3 is 14.8 Å². The maximum atomic E-state index is 12.7. The van der Waals surface area contributed by atoms with E-state index in [-0.39, 0.29) is 17.6 Å². The van der Waals surface area contributed by atoms with Crippen molar-refractivity contribution < 1.29 is 22.6 Å². The van der Waals surface area contributed by atoms with Crippen molar-refractivity contribution in [2.45, 2.75) is 45.2 Å². The zero-order chi connectivity index (χ0) is 26.2. The molecule has 0 radical (unpaired) electrons. The van der Waals surface area contributed by atoms with E-state index in [1.165, 1.54) is 22.9 Å². The second-order valence-electron chi connectivity index (χ2n) is 8.74. The highest BCUT2D eigenvalue weighted by Crippen LogP contribution is 2.33. The molecule has 0 aromatic carbocycles. The van der Waals surface area contributed by atoms with Crippen molar-refractivity contribution in [2.24, 2.45) is 0 Å². The van der Waals surface area contributed by atoms with Crippen LogP contribution in [0.4, 0.5) is 13.2 Å². The molecule has 1 unspecified atom stereocenters. The van der Waals surface area contributed by atoms with Gasteiger partial charge in [0, 0.05) is 23.4 Å². The summed E-state index contributed by atoms with van der Waals surface area (Å²) in [4.78, 5) is 8.18. The molecule has 5 heterocycles. The first-order valence-electron chi connectivity index (χ1n) is 11.7. The Kier molecular flexibility index (Phi) is 6.43. The number of piperidine rings is 1. The van der Waals surface area contributed by atoms with Crippen LogP contribution >= 0.6 is 0 Å². The molecule has 1 aliphatic rings. The minimum Gasteiger partial charge on any atom is -0.471 e. The smallest absolute Gasteiger partial charge is 0.471 e. The monoisotopic (exact) mass is 512 g/mol. The van der Waals surface area contributed by atoms with Crippen LogP contribution in [0.15, 0.2) is 36.8 Å². The third-order valence-electron chi connectivity index (χ3n) is 6.28. The van der Waals surface area contributed by atoms with Crippen LogP contribution < -0.4 is 14.8 Å². The van der Waals surface area contributed by atoms with E-state index in [0.717, 1.165) is 37.8 Å². The van der Waals surface area contributed by atoms with Gasteiger partial charge in [-0.05, 0) is 51.9 Å². The number of aromatic nitrogens is 6. The average molecular weight is 512 g/mol. The predicted molar refractivity (Wildman–Crippen MR) is 125 cm³/mol. The maximum absolute atomic E-state index is 12.7. The van der Waals surface area contributed by atoms with Gasteiger partial charge in [0.2, 0.25) is 5.88 Å². The lowest BCUT2D eigenvalue weighted by molar-refractivity contribution is -0.274. The Bertz CT molecular complexity index is 1470. The molecule has 4 aromatic rings. The second kappa shape index (κ2) is 9.70. The Balaban J connectivity index is 1.51. The Morgan fingerprint density at radius 2 is 1.95 bits per heavy atom. The third-order valence-corrected chi connectivity index (χ3v) is 6.28. The van der Waals surface area contributed by atoms with E-state index in [9.17, 15) is 18.4 Å². The Morgan fingerprint density at radius 3 is 2.68 bits per heavy atom. The van der Waals surface area contributed by atoms with Crippen molar-refractivity contribution in [1.29, 1.82) is 5.26 Å². The van der Waals surface area contributed by atoms with Crippen molar-refractivity contribution in [3.8, 4) is 29.0 Å². The Morgan fingerprint density at radius 1 is 1.16 bits per heavy atom. The first-order valence-corrected chi connectivity index (χ1v) is 11.7. The Labute approximate surface area is 209 Å². The minimum absolute atomic E-state index is 0.242. The molecule has 1 fully saturated rings. The summed E-state index contributed by atoms with van der Waals surface area (Å²) in [6.07, 6.45) is 0.116. The van der Waals surface area contributed by atoms with Gasteiger partial charge >= 0.3 is 6.36 Å². The van der Waals surface area contributed by atoms with E-state index in [2.05, 4.69) is 36.4 Å². The first kappa shape index (κ1) is 24.5. The molecule has 1 saturated heterocycles. The van der Waals surface area contributed by atoms with Gasteiger partial charge in [-0.1, -0.05) is 5.21 Å². The standard InChI is InChI=1S/C24H23F3N8O2/c1-14-23(32-33-35(14)18-3-5-29-6-4-18)16-8-21-31-12-19(10-28)34(21)22(9-16)36-15(2)17-7-20(13-30-11-17)37-24(25,26)27/h7-9,11-13,15,18,29H,3-6H2,1-2H3. The van der Waals surface area contributed by atoms with E-state index in [0.29, 0.717) is 22.5 Å². The van der Waals surface area contributed by atoms with Gasteiger partial charge in [-0.3, -0.25) is 9.38 Å². The SMILES string of the molecule is Cc1c(-c2cc(OC(C)c3cncc(OC(F)(F)F)c3)n3c(C#N)cnc3c2)nnn1C1CCNCC1. The number of alkyl halides is 3. The molecule has 0 spiro atoms. The molecular formula is C24H23F3N8O2. The molecule has 37 heavy (non-hydrogen) atoms. The summed E-state index contributed by atoms with van der Waals surface area (Å²) in [6, 6.07) is 7.05. The number of ether oxygens (including phenoxy) is 2. The summed E-state index contributed by atoms with van der Waals surface area (Å²) in [5.41, 5.74) is 3.29. The number of nitrogens with one attached hydrogen (secondary N) is 1. The van der Waals surface area contributed by atoms with Gasteiger partial charge in [0.05, 0.1) is 24.1 Å². The van der Waals surface area contributed by atoms with Crippen LogP contribution in [0.1, 0.15) is 48.9 Å². The molecule has 1 N–H and O–H groups in total. The van der Waals surface area contributed by atoms with Crippen LogP contribution in [-0.4, -0.2) is 48.8 Å². The highest BCUT2D eigenvalue weighted by molar-refractivity contribution is 5.68. The first-order chi connectivity index (χ1) is 17.7. The summed E-state index contributed by atoms with van der Waals surface area (Å²) < 4.78 is 51.6. The molecule has 10 nitrogen and oxygen atoms in total. The van der Waals surface area contributed by atoms with E-state index < -0.39 is 18.2 Å². The molecular weight excluding hydrogens is 489 g/mol. The van der Waals surface area contributed by atoms with Gasteiger partial charge in [-0.25, -0.2) is 9.67 Å². The number of nitriles is 1. The number of halogens is 3. The highest BCUT2D eigenvalue weighted by Gasteiger charge is 2.31. The summed E-state index contributed by atoms with van der Waals surface area (Å²) >= 11 is 0. The third kappa shape index (κ3) is 5.05. The number of pyridine rings is 2. The van der Waals surface area contributed by atoms with Crippen molar-refractivity contribution in [3.63, 3.8) is 0 Å². The summed E-state index contributed by atoms with van der Waals surface area (Å²) in [7, 11) is 0. The molecule has 5 rings (SSSR count). The molecule has 0 aliphatic carbocycles. The number of hydrogen-bond acceptors (Lipinski definition) is 8. The molecule has 0 saturated carbocycles. The molecule has 0 amide bonds. The molecule has 0 bridgehead atoms. The molecule has 4 aromatic heterocycles. The van der Waals surface area contributed by atoms with Crippen molar-refractivity contribution >= 4 is 5.65 Å². The van der Waals surface area contributed by atoms with Gasteiger partial charge in [0.15, 0.2) is 0 Å². The topological polar surface area (TPSA) is 115 Å². The zero-order valence-electron chi connectivity index (χ0n) is 20.0. The van der Waals surface area contributed by atoms with Crippen molar-refractivity contribution in [3.05, 3.63) is 53.7 Å². The average Bonchev–Trinajstić information content (AvgIpc) is 3.47. The second-order valence-corrected chi connectivity index (χ2v) is 8.74. The predicted octanol–water partition coefficient (Wildman–Crippen LogP) is 4.13. The molecule has 1 atom stereocenters. The fourth-order valence-corrected chi connectivity index (χ4v) is 4.48. The largest absolute Gasteiger partial charge is 0.573 e. The fraction of sp³-hybridized carbons (Fsp3) is 0.375. The zero-order valence-corrected chi connectivity index (χ0v) is 20.0. The van der Waals surface area contributed by atoms with Gasteiger partial charge in [0.25, 0.3) is 0 Å². The molecule has 1 aliphatic heterocycles. The van der Waals surface area contributed by atoms with Gasteiger partial charge in [-0.2, -0.15) is 5.26 Å². The van der Waals surface area contributed by atoms with Gasteiger partial charge in [0.1, 0.15) is 35.0 Å². The fourth-order valence-electron chi connectivity index (χ4n) is 4.48. The number of imidazole rings is 1. The number of rotatable bonds is 6. The van der Waals surface area contributed by atoms with Crippen LogP contribution in [-0.2, 0) is 0 Å². The van der Waals surface area contributed by atoms with E-state index >= 15 is 0 Å². The van der Waals surface area contributed by atoms with E-state index in [1.54, 1.807) is 19.1 Å². The van der Waals surface area contributed by atoms with Crippen LogP contribution in [0.5, 0.6) is 11.6 Å². The summed E-state index contributed by atoms with van der Waals surface area (Å²) in [5, 5.41) is 21.8. The van der Waals surface area contributed by atoms with Crippen LogP contribution in [0, 0.1) is 18.3 Å². The van der Waals surface area contributed by atoms with Crippen molar-refractivity contribution in [1.82, 2.24) is 34.7 Å². The number of fused-ring (bicyclic) bond motifs is 1. The molecule has 13 heteroatoms. The van der Waals surface area contributed by atoms with Gasteiger partial charge in [-0.15, -0.1) is 18.3 Å². The maximum Gasteiger partial charge on any atom is 0.573 e. The molecule has 192 valence electrons. The quantitative estimate of drug-likeness (QED) is 0.410. The normalized spacial score (nSPS) is 15.5. The highest BCUT2D eigenvalue weighted by atomic mass is 19.4.